The smallest absolute Gasteiger partial charge is 0.221 e. The number of amides is 1. The lowest BCUT2D eigenvalue weighted by Crippen LogP contribution is -2.32. The highest BCUT2D eigenvalue weighted by atomic mass is 35.5. The number of aryl methyl sites for hydroxylation is 1. The van der Waals surface area contributed by atoms with Gasteiger partial charge in [-0.2, -0.15) is 0 Å². The molecule has 118 valence electrons. The van der Waals surface area contributed by atoms with Crippen LogP contribution in [0.2, 0.25) is 5.02 Å². The third-order valence-electron chi connectivity index (χ3n) is 3.03. The summed E-state index contributed by atoms with van der Waals surface area (Å²) in [6, 6.07) is 3.70. The number of nitrogens with one attached hydrogen (secondary N) is 2. The van der Waals surface area contributed by atoms with Gasteiger partial charge in [-0.3, -0.25) is 4.79 Å². The summed E-state index contributed by atoms with van der Waals surface area (Å²) in [4.78, 5) is 13.7. The van der Waals surface area contributed by atoms with Crippen LogP contribution in [-0.2, 0) is 4.79 Å². The summed E-state index contributed by atoms with van der Waals surface area (Å²) in [5.41, 5.74) is 1.82. The van der Waals surface area contributed by atoms with E-state index < -0.39 is 0 Å². The Balaban J connectivity index is 2.42. The minimum Gasteiger partial charge on any atom is -0.495 e. The molecule has 0 saturated carbocycles. The van der Waals surface area contributed by atoms with E-state index in [9.17, 15) is 4.79 Å². The molecule has 6 heteroatoms. The van der Waals surface area contributed by atoms with Crippen molar-refractivity contribution in [2.45, 2.75) is 13.3 Å². The Bertz CT molecular complexity index is 478. The summed E-state index contributed by atoms with van der Waals surface area (Å²) in [5, 5.41) is 6.75. The van der Waals surface area contributed by atoms with Crippen molar-refractivity contribution in [2.24, 2.45) is 0 Å². The monoisotopic (exact) mass is 313 g/mol. The number of halogens is 1. The van der Waals surface area contributed by atoms with Gasteiger partial charge in [0.15, 0.2) is 0 Å². The quantitative estimate of drug-likeness (QED) is 0.772. The maximum absolute atomic E-state index is 11.7. The van der Waals surface area contributed by atoms with E-state index in [2.05, 4.69) is 10.6 Å². The van der Waals surface area contributed by atoms with Crippen molar-refractivity contribution in [1.82, 2.24) is 10.2 Å². The molecule has 0 atom stereocenters. The minimum atomic E-state index is 0.0361. The number of rotatable bonds is 8. The van der Waals surface area contributed by atoms with Gasteiger partial charge in [0.05, 0.1) is 12.8 Å². The SMILES string of the molecule is COc1cc(Cl)c(C)cc1NCCC(=O)NCCN(C)C. The van der Waals surface area contributed by atoms with E-state index in [0.29, 0.717) is 30.3 Å². The summed E-state index contributed by atoms with van der Waals surface area (Å²) in [6.45, 7) is 3.98. The van der Waals surface area contributed by atoms with E-state index in [1.54, 1.807) is 13.2 Å². The van der Waals surface area contributed by atoms with Gasteiger partial charge in [0.2, 0.25) is 5.91 Å². The van der Waals surface area contributed by atoms with Gasteiger partial charge in [-0.15, -0.1) is 0 Å². The van der Waals surface area contributed by atoms with Crippen molar-refractivity contribution in [1.29, 1.82) is 0 Å². The second-order valence-corrected chi connectivity index (χ2v) is 5.54. The van der Waals surface area contributed by atoms with Crippen LogP contribution in [-0.4, -0.2) is 51.6 Å². The van der Waals surface area contributed by atoms with Crippen LogP contribution in [0.1, 0.15) is 12.0 Å². The van der Waals surface area contributed by atoms with Crippen LogP contribution in [0.4, 0.5) is 5.69 Å². The number of nitrogens with zero attached hydrogens (tertiary/aromatic N) is 1. The van der Waals surface area contributed by atoms with Crippen LogP contribution < -0.4 is 15.4 Å². The zero-order valence-corrected chi connectivity index (χ0v) is 13.9. The number of likely N-dealkylation sites (N-methyl/N-ethyl adjacent to an activating group) is 1. The molecule has 1 amide bonds. The lowest BCUT2D eigenvalue weighted by molar-refractivity contribution is -0.120. The zero-order chi connectivity index (χ0) is 15.8. The lowest BCUT2D eigenvalue weighted by atomic mass is 10.2. The summed E-state index contributed by atoms with van der Waals surface area (Å²) in [6.07, 6.45) is 0.415. The number of methoxy groups -OCH3 is 1. The van der Waals surface area contributed by atoms with Gasteiger partial charge in [0.1, 0.15) is 5.75 Å². The van der Waals surface area contributed by atoms with Crippen molar-refractivity contribution < 1.29 is 9.53 Å². The third kappa shape index (κ3) is 6.23. The highest BCUT2D eigenvalue weighted by Crippen LogP contribution is 2.30. The molecular formula is C15H24ClN3O2. The van der Waals surface area contributed by atoms with Gasteiger partial charge in [0.25, 0.3) is 0 Å². The Morgan fingerprint density at radius 3 is 2.67 bits per heavy atom. The Morgan fingerprint density at radius 1 is 1.33 bits per heavy atom. The molecule has 1 aromatic carbocycles. The molecule has 0 aliphatic rings. The number of carbonyl (C=O) groups excluding carboxylic acids is 1. The van der Waals surface area contributed by atoms with Gasteiger partial charge in [-0.25, -0.2) is 0 Å². The summed E-state index contributed by atoms with van der Waals surface area (Å²) < 4.78 is 5.28. The van der Waals surface area contributed by atoms with Crippen molar-refractivity contribution in [3.63, 3.8) is 0 Å². The first kappa shape index (κ1) is 17.6. The highest BCUT2D eigenvalue weighted by Gasteiger charge is 2.07. The first-order valence-corrected chi connectivity index (χ1v) is 7.31. The molecule has 0 aliphatic heterocycles. The molecule has 5 nitrogen and oxygen atoms in total. The van der Waals surface area contributed by atoms with E-state index in [1.807, 2.05) is 32.0 Å². The normalized spacial score (nSPS) is 10.6. The Hall–Kier alpha value is -1.46. The second-order valence-electron chi connectivity index (χ2n) is 5.13. The highest BCUT2D eigenvalue weighted by molar-refractivity contribution is 6.31. The Labute approximate surface area is 131 Å². The van der Waals surface area contributed by atoms with Crippen LogP contribution in [0.15, 0.2) is 12.1 Å². The first-order chi connectivity index (χ1) is 9.93. The minimum absolute atomic E-state index is 0.0361. The van der Waals surface area contributed by atoms with E-state index in [-0.39, 0.29) is 5.91 Å². The van der Waals surface area contributed by atoms with Crippen molar-refractivity contribution in [3.05, 3.63) is 22.7 Å². The topological polar surface area (TPSA) is 53.6 Å². The molecule has 2 N–H and O–H groups in total. The molecule has 0 fully saturated rings. The standard InChI is InChI=1S/C15H24ClN3O2/c1-11-9-13(14(21-4)10-12(11)16)17-6-5-15(20)18-7-8-19(2)3/h9-10,17H,5-8H2,1-4H3,(H,18,20). The van der Waals surface area contributed by atoms with E-state index >= 15 is 0 Å². The molecule has 0 unspecified atom stereocenters. The van der Waals surface area contributed by atoms with Gasteiger partial charge in [-0.05, 0) is 32.6 Å². The van der Waals surface area contributed by atoms with Gasteiger partial charge in [0, 0.05) is 37.1 Å². The van der Waals surface area contributed by atoms with Gasteiger partial charge < -0.3 is 20.3 Å². The van der Waals surface area contributed by atoms with E-state index in [0.717, 1.165) is 17.8 Å². The summed E-state index contributed by atoms with van der Waals surface area (Å²) >= 11 is 6.06. The maximum Gasteiger partial charge on any atom is 0.221 e. The number of anilines is 1. The molecule has 0 heterocycles. The summed E-state index contributed by atoms with van der Waals surface area (Å²) in [7, 11) is 5.55. The fraction of sp³-hybridized carbons (Fsp3) is 0.533. The fourth-order valence-corrected chi connectivity index (χ4v) is 1.94. The average molecular weight is 314 g/mol. The molecule has 1 rings (SSSR count). The number of hydrogen-bond donors (Lipinski definition) is 2. The van der Waals surface area contributed by atoms with Crippen molar-refractivity contribution in [3.8, 4) is 5.75 Å². The van der Waals surface area contributed by atoms with Crippen LogP contribution >= 0.6 is 11.6 Å². The number of ether oxygens (including phenoxy) is 1. The molecule has 0 spiro atoms. The predicted octanol–water partition coefficient (Wildman–Crippen LogP) is 2.14. The van der Waals surface area contributed by atoms with E-state index in [1.165, 1.54) is 0 Å². The van der Waals surface area contributed by atoms with Crippen molar-refractivity contribution in [2.75, 3.05) is 46.2 Å². The maximum atomic E-state index is 11.7. The molecule has 0 bridgehead atoms. The Morgan fingerprint density at radius 2 is 2.05 bits per heavy atom. The van der Waals surface area contributed by atoms with Crippen LogP contribution in [0.25, 0.3) is 0 Å². The van der Waals surface area contributed by atoms with Crippen LogP contribution in [0.5, 0.6) is 5.75 Å². The second kappa shape index (κ2) is 8.74. The molecule has 0 radical (unpaired) electrons. The first-order valence-electron chi connectivity index (χ1n) is 6.93. The van der Waals surface area contributed by atoms with Crippen molar-refractivity contribution >= 4 is 23.2 Å². The summed E-state index contributed by atoms with van der Waals surface area (Å²) in [5.74, 6) is 0.715. The van der Waals surface area contributed by atoms with Crippen LogP contribution in [0, 0.1) is 6.92 Å². The molecular weight excluding hydrogens is 290 g/mol. The zero-order valence-electron chi connectivity index (χ0n) is 13.1. The molecule has 21 heavy (non-hydrogen) atoms. The van der Waals surface area contributed by atoms with E-state index in [4.69, 9.17) is 16.3 Å². The lowest BCUT2D eigenvalue weighted by Gasteiger charge is -2.13. The molecule has 1 aromatic rings. The average Bonchev–Trinajstić information content (AvgIpc) is 2.42. The van der Waals surface area contributed by atoms with Crippen LogP contribution in [0.3, 0.4) is 0 Å². The van der Waals surface area contributed by atoms with Gasteiger partial charge in [-0.1, -0.05) is 11.6 Å². The Kier molecular flexibility index (Phi) is 7.32. The predicted molar refractivity (Wildman–Crippen MR) is 87.4 cm³/mol. The van der Waals surface area contributed by atoms with Gasteiger partial charge >= 0.3 is 0 Å². The molecule has 0 aromatic heterocycles. The molecule has 0 saturated heterocycles. The third-order valence-corrected chi connectivity index (χ3v) is 3.44. The fourth-order valence-electron chi connectivity index (χ4n) is 1.79. The number of carbonyl (C=O) groups is 1. The number of hydrogen-bond acceptors (Lipinski definition) is 4. The number of benzene rings is 1. The largest absolute Gasteiger partial charge is 0.495 e. The molecule has 0 aliphatic carbocycles.